The maximum atomic E-state index is 11.8. The molecule has 0 saturated carbocycles. The van der Waals surface area contributed by atoms with Crippen LogP contribution in [0.3, 0.4) is 0 Å². The van der Waals surface area contributed by atoms with Crippen LogP contribution in [-0.2, 0) is 4.79 Å². The Hall–Kier alpha value is -0.910. The second kappa shape index (κ2) is 8.65. The van der Waals surface area contributed by atoms with Gasteiger partial charge < -0.3 is 16.0 Å². The monoisotopic (exact) mass is 327 g/mol. The van der Waals surface area contributed by atoms with Gasteiger partial charge in [0.25, 0.3) is 0 Å². The summed E-state index contributed by atoms with van der Waals surface area (Å²) in [5, 5.41) is 9.49. The lowest BCUT2D eigenvalue weighted by Crippen LogP contribution is -2.36. The molecule has 0 aromatic carbocycles. The molecule has 0 bridgehead atoms. The fourth-order valence-corrected chi connectivity index (χ4v) is 4.79. The summed E-state index contributed by atoms with van der Waals surface area (Å²) in [6.45, 7) is 5.15. The predicted molar refractivity (Wildman–Crippen MR) is 91.0 cm³/mol. The molecule has 3 N–H and O–H groups in total. The Labute approximate surface area is 137 Å². The van der Waals surface area contributed by atoms with Crippen LogP contribution in [0, 0.1) is 5.92 Å². The number of fused-ring (bicyclic) bond motifs is 1. The summed E-state index contributed by atoms with van der Waals surface area (Å²) >= 11 is 1.94. The van der Waals surface area contributed by atoms with Crippen molar-refractivity contribution in [3.8, 4) is 0 Å². The van der Waals surface area contributed by atoms with Crippen molar-refractivity contribution in [2.45, 2.75) is 69.7 Å². The number of nitrogens with one attached hydrogen (secondary N) is 3. The van der Waals surface area contributed by atoms with E-state index in [9.17, 15) is 9.59 Å². The zero-order chi connectivity index (χ0) is 15.9. The summed E-state index contributed by atoms with van der Waals surface area (Å²) in [7, 11) is 0. The molecule has 0 radical (unpaired) electrons. The van der Waals surface area contributed by atoms with E-state index in [4.69, 9.17) is 0 Å². The van der Waals surface area contributed by atoms with Crippen LogP contribution in [0.2, 0.25) is 0 Å². The van der Waals surface area contributed by atoms with E-state index in [-0.39, 0.29) is 18.0 Å². The standard InChI is InChI=1S/C16H29N3O2S/c1-3-6-11(2)9-17-14(20)8-5-4-7-13-15-12(10-22-13)18-16(21)19-15/h11-13,15H,3-10H2,1-2H3,(H,17,20)(H2,18,19,21)/t11?,12-,13-,15-/m0/s1. The van der Waals surface area contributed by atoms with Crippen molar-refractivity contribution in [2.24, 2.45) is 5.92 Å². The van der Waals surface area contributed by atoms with Gasteiger partial charge in [-0.3, -0.25) is 4.79 Å². The van der Waals surface area contributed by atoms with Gasteiger partial charge in [-0.15, -0.1) is 0 Å². The summed E-state index contributed by atoms with van der Waals surface area (Å²) in [6, 6.07) is 0.549. The van der Waals surface area contributed by atoms with Crippen molar-refractivity contribution in [3.63, 3.8) is 0 Å². The molecule has 2 heterocycles. The van der Waals surface area contributed by atoms with Crippen molar-refractivity contribution in [1.29, 1.82) is 0 Å². The van der Waals surface area contributed by atoms with Crippen molar-refractivity contribution in [1.82, 2.24) is 16.0 Å². The third kappa shape index (κ3) is 5.07. The molecule has 3 amide bonds. The summed E-state index contributed by atoms with van der Waals surface area (Å²) in [5.74, 6) is 1.75. The number of rotatable bonds is 9. The molecule has 2 aliphatic heterocycles. The molecule has 1 unspecified atom stereocenters. The van der Waals surface area contributed by atoms with Gasteiger partial charge in [-0.25, -0.2) is 4.79 Å². The van der Waals surface area contributed by atoms with Crippen LogP contribution >= 0.6 is 11.8 Å². The third-order valence-corrected chi connectivity index (χ3v) is 6.02. The van der Waals surface area contributed by atoms with E-state index < -0.39 is 0 Å². The van der Waals surface area contributed by atoms with Gasteiger partial charge in [0.15, 0.2) is 0 Å². The van der Waals surface area contributed by atoms with E-state index >= 15 is 0 Å². The Morgan fingerprint density at radius 1 is 1.41 bits per heavy atom. The first-order valence-corrected chi connectivity index (χ1v) is 9.60. The van der Waals surface area contributed by atoms with Gasteiger partial charge in [0.05, 0.1) is 12.1 Å². The van der Waals surface area contributed by atoms with Crippen molar-refractivity contribution in [3.05, 3.63) is 0 Å². The van der Waals surface area contributed by atoms with E-state index in [1.165, 1.54) is 12.8 Å². The molecule has 126 valence electrons. The smallest absolute Gasteiger partial charge is 0.315 e. The van der Waals surface area contributed by atoms with Crippen LogP contribution in [0.25, 0.3) is 0 Å². The van der Waals surface area contributed by atoms with Crippen LogP contribution < -0.4 is 16.0 Å². The van der Waals surface area contributed by atoms with Crippen molar-refractivity contribution < 1.29 is 9.59 Å². The Morgan fingerprint density at radius 2 is 2.23 bits per heavy atom. The molecule has 0 aliphatic carbocycles. The van der Waals surface area contributed by atoms with Crippen molar-refractivity contribution >= 4 is 23.7 Å². The number of urea groups is 1. The summed E-state index contributed by atoms with van der Waals surface area (Å²) in [6.07, 6.45) is 6.02. The number of hydrogen-bond acceptors (Lipinski definition) is 3. The highest BCUT2D eigenvalue weighted by atomic mass is 32.2. The molecule has 2 rings (SSSR count). The number of carbonyl (C=O) groups is 2. The first-order valence-electron chi connectivity index (χ1n) is 8.55. The average molecular weight is 327 g/mol. The Morgan fingerprint density at radius 3 is 3.00 bits per heavy atom. The summed E-state index contributed by atoms with van der Waals surface area (Å²) in [4.78, 5) is 23.1. The average Bonchev–Trinajstić information content (AvgIpc) is 3.01. The van der Waals surface area contributed by atoms with Crippen LogP contribution in [-0.4, -0.2) is 41.6 Å². The molecular formula is C16H29N3O2S. The van der Waals surface area contributed by atoms with E-state index in [0.29, 0.717) is 23.6 Å². The predicted octanol–water partition coefficient (Wildman–Crippen LogP) is 2.26. The molecule has 2 saturated heterocycles. The van der Waals surface area contributed by atoms with Crippen LogP contribution in [0.5, 0.6) is 0 Å². The van der Waals surface area contributed by atoms with Gasteiger partial charge in [-0.2, -0.15) is 11.8 Å². The number of amides is 3. The lowest BCUT2D eigenvalue weighted by atomic mass is 10.0. The quantitative estimate of drug-likeness (QED) is 0.449. The lowest BCUT2D eigenvalue weighted by molar-refractivity contribution is -0.121. The highest BCUT2D eigenvalue weighted by molar-refractivity contribution is 8.00. The minimum Gasteiger partial charge on any atom is -0.356 e. The summed E-state index contributed by atoms with van der Waals surface area (Å²) < 4.78 is 0. The van der Waals surface area contributed by atoms with Gasteiger partial charge in [-0.05, 0) is 25.2 Å². The number of carbonyl (C=O) groups excluding carboxylic acids is 2. The highest BCUT2D eigenvalue weighted by Gasteiger charge is 2.42. The number of thioether (sulfide) groups is 1. The molecule has 6 heteroatoms. The fraction of sp³-hybridized carbons (Fsp3) is 0.875. The van der Waals surface area contributed by atoms with Gasteiger partial charge >= 0.3 is 6.03 Å². The van der Waals surface area contributed by atoms with E-state index in [2.05, 4.69) is 29.8 Å². The SMILES string of the molecule is CCCC(C)CNC(=O)CCCC[C@@H]1SC[C@@H]2NC(=O)N[C@@H]21. The van der Waals surface area contributed by atoms with Gasteiger partial charge in [0.2, 0.25) is 5.91 Å². The molecule has 4 atom stereocenters. The highest BCUT2D eigenvalue weighted by Crippen LogP contribution is 2.33. The van der Waals surface area contributed by atoms with E-state index in [1.807, 2.05) is 11.8 Å². The molecule has 0 spiro atoms. The molecule has 2 fully saturated rings. The first-order chi connectivity index (χ1) is 10.6. The second-order valence-electron chi connectivity index (χ2n) is 6.57. The van der Waals surface area contributed by atoms with Crippen molar-refractivity contribution in [2.75, 3.05) is 12.3 Å². The molecular weight excluding hydrogens is 298 g/mol. The largest absolute Gasteiger partial charge is 0.356 e. The zero-order valence-corrected chi connectivity index (χ0v) is 14.5. The van der Waals surface area contributed by atoms with E-state index in [0.717, 1.165) is 31.6 Å². The zero-order valence-electron chi connectivity index (χ0n) is 13.7. The lowest BCUT2D eigenvalue weighted by Gasteiger charge is -2.16. The summed E-state index contributed by atoms with van der Waals surface area (Å²) in [5.41, 5.74) is 0. The third-order valence-electron chi connectivity index (χ3n) is 4.51. The van der Waals surface area contributed by atoms with Crippen LogP contribution in [0.15, 0.2) is 0 Å². The topological polar surface area (TPSA) is 70.2 Å². The van der Waals surface area contributed by atoms with Gasteiger partial charge in [0.1, 0.15) is 0 Å². The van der Waals surface area contributed by atoms with E-state index in [1.54, 1.807) is 0 Å². The minimum atomic E-state index is -0.0270. The minimum absolute atomic E-state index is 0.0270. The maximum Gasteiger partial charge on any atom is 0.315 e. The Balaban J connectivity index is 1.54. The fourth-order valence-electron chi connectivity index (χ4n) is 3.25. The molecule has 22 heavy (non-hydrogen) atoms. The normalized spacial score (nSPS) is 27.9. The second-order valence-corrected chi connectivity index (χ2v) is 7.84. The molecule has 0 aromatic heterocycles. The Bertz CT molecular complexity index is 392. The van der Waals surface area contributed by atoms with Crippen LogP contribution in [0.4, 0.5) is 4.79 Å². The first kappa shape index (κ1) is 17.4. The van der Waals surface area contributed by atoms with Gasteiger partial charge in [-0.1, -0.05) is 26.7 Å². The molecule has 2 aliphatic rings. The number of unbranched alkanes of at least 4 members (excludes halogenated alkanes) is 1. The van der Waals surface area contributed by atoms with Crippen LogP contribution in [0.1, 0.15) is 52.4 Å². The number of hydrogen-bond donors (Lipinski definition) is 3. The molecule has 5 nitrogen and oxygen atoms in total. The van der Waals surface area contributed by atoms with Gasteiger partial charge in [0, 0.05) is 24.0 Å². The maximum absolute atomic E-state index is 11.8. The Kier molecular flexibility index (Phi) is 6.86. The molecule has 0 aromatic rings.